The summed E-state index contributed by atoms with van der Waals surface area (Å²) in [6.45, 7) is 2.89. The van der Waals surface area contributed by atoms with Crippen molar-refractivity contribution in [2.45, 2.75) is 32.6 Å². The molecule has 40 heavy (non-hydrogen) atoms. The highest BCUT2D eigenvalue weighted by Crippen LogP contribution is 2.23. The number of rotatable bonds is 16. The number of nitrogens with two attached hydrogens (primary N) is 1. The minimum absolute atomic E-state index is 0.161. The summed E-state index contributed by atoms with van der Waals surface area (Å²) in [6.07, 6.45) is 6.73. The molecule has 0 fully saturated rings. The van der Waals surface area contributed by atoms with Crippen LogP contribution in [-0.4, -0.2) is 78.3 Å². The lowest BCUT2D eigenvalue weighted by molar-refractivity contribution is -0.137. The number of ether oxygens (including phenoxy) is 3. The molecule has 13 nitrogen and oxygen atoms in total. The van der Waals surface area contributed by atoms with Crippen LogP contribution in [0, 0.1) is 0 Å². The van der Waals surface area contributed by atoms with E-state index in [2.05, 4.69) is 22.5 Å². The van der Waals surface area contributed by atoms with E-state index in [0.717, 1.165) is 19.3 Å². The number of carboxylic acids is 1. The Balaban J connectivity index is 0.000000611. The number of aliphatic carboxylic acids is 1. The number of thiazole rings is 1. The Morgan fingerprint density at radius 2 is 1.88 bits per heavy atom. The monoisotopic (exact) mass is 577 g/mol. The molecule has 3 amide bonds. The van der Waals surface area contributed by atoms with Crippen molar-refractivity contribution in [3.8, 4) is 5.75 Å². The van der Waals surface area contributed by atoms with Gasteiger partial charge in [-0.1, -0.05) is 19.8 Å². The van der Waals surface area contributed by atoms with Crippen LogP contribution in [0.2, 0.25) is 0 Å². The number of fused-ring (bicyclic) bond motifs is 1. The number of nitrogens with one attached hydrogen (secondary N) is 2. The van der Waals surface area contributed by atoms with Crippen molar-refractivity contribution in [1.82, 2.24) is 14.7 Å². The van der Waals surface area contributed by atoms with Gasteiger partial charge in [-0.15, -0.1) is 11.3 Å². The number of hydrogen-bond acceptors (Lipinski definition) is 9. The van der Waals surface area contributed by atoms with Crippen molar-refractivity contribution in [2.24, 2.45) is 5.73 Å². The SMILES string of the molecule is CCCCCC(=O)O.COc1ccc(NC(=O)c2cn3ccsc3n2)cc1C(=O)NCCOCCOCC(N)=O. The summed E-state index contributed by atoms with van der Waals surface area (Å²) < 4.78 is 17.3. The standard InChI is InChI=1S/C20H23N5O6S.C6H12O2/c1-29-16-3-2-13(23-19(28)15-11-25-5-9-32-20(25)24-15)10-14(16)18(27)22-4-6-30-7-8-31-12-17(21)26;1-2-3-4-5-6(7)8/h2-3,5,9-11H,4,6-8,12H2,1H3,(H2,21,26)(H,22,27)(H,23,28);2-5H2,1H3,(H,7,8). The molecule has 0 saturated carbocycles. The number of carboxylic acid groups (broad SMARTS) is 1. The van der Waals surface area contributed by atoms with E-state index in [1.807, 2.05) is 11.6 Å². The number of carbonyl (C=O) groups excluding carboxylic acids is 3. The number of amides is 3. The third-order valence-corrected chi connectivity index (χ3v) is 5.94. The quantitative estimate of drug-likeness (QED) is 0.186. The molecular formula is C26H35N5O8S. The van der Waals surface area contributed by atoms with E-state index in [1.165, 1.54) is 24.5 Å². The fourth-order valence-corrected chi connectivity index (χ4v) is 3.95. The fraction of sp³-hybridized carbons (Fsp3) is 0.423. The van der Waals surface area contributed by atoms with E-state index in [4.69, 9.17) is 25.1 Å². The summed E-state index contributed by atoms with van der Waals surface area (Å²) in [4.78, 5) is 50.5. The molecule has 0 radical (unpaired) electrons. The topological polar surface area (TPSA) is 184 Å². The van der Waals surface area contributed by atoms with Crippen molar-refractivity contribution in [3.63, 3.8) is 0 Å². The first-order valence-electron chi connectivity index (χ1n) is 12.6. The maximum Gasteiger partial charge on any atom is 0.303 e. The molecule has 218 valence electrons. The van der Waals surface area contributed by atoms with E-state index < -0.39 is 11.9 Å². The molecule has 2 aromatic heterocycles. The minimum atomic E-state index is -0.682. The van der Waals surface area contributed by atoms with E-state index in [9.17, 15) is 19.2 Å². The molecular weight excluding hydrogens is 542 g/mol. The van der Waals surface area contributed by atoms with Crippen molar-refractivity contribution in [1.29, 1.82) is 0 Å². The Morgan fingerprint density at radius 3 is 2.55 bits per heavy atom. The zero-order valence-electron chi connectivity index (χ0n) is 22.5. The van der Waals surface area contributed by atoms with Crippen LogP contribution in [0.5, 0.6) is 5.75 Å². The zero-order valence-corrected chi connectivity index (χ0v) is 23.3. The van der Waals surface area contributed by atoms with Gasteiger partial charge in [0.2, 0.25) is 5.91 Å². The average Bonchev–Trinajstić information content (AvgIpc) is 3.53. The number of imidazole rings is 1. The van der Waals surface area contributed by atoms with Crippen molar-refractivity contribution >= 4 is 45.7 Å². The third kappa shape index (κ3) is 11.4. The minimum Gasteiger partial charge on any atom is -0.496 e. The molecule has 14 heteroatoms. The van der Waals surface area contributed by atoms with Crippen LogP contribution < -0.4 is 21.1 Å². The number of carbonyl (C=O) groups is 4. The van der Waals surface area contributed by atoms with Crippen molar-refractivity contribution in [2.75, 3.05) is 45.4 Å². The second-order valence-corrected chi connectivity index (χ2v) is 9.20. The lowest BCUT2D eigenvalue weighted by atomic mass is 10.1. The number of unbranched alkanes of at least 4 members (excludes halogenated alkanes) is 2. The first-order chi connectivity index (χ1) is 19.2. The Kier molecular flexibility index (Phi) is 14.1. The van der Waals surface area contributed by atoms with Gasteiger partial charge >= 0.3 is 5.97 Å². The summed E-state index contributed by atoms with van der Waals surface area (Å²) in [5.41, 5.74) is 5.93. The number of benzene rings is 1. The lowest BCUT2D eigenvalue weighted by Crippen LogP contribution is -2.28. The van der Waals surface area contributed by atoms with Gasteiger partial charge in [-0.2, -0.15) is 0 Å². The maximum atomic E-state index is 12.6. The number of anilines is 1. The Morgan fingerprint density at radius 1 is 1.10 bits per heavy atom. The molecule has 0 atom stereocenters. The molecule has 3 aromatic rings. The summed E-state index contributed by atoms with van der Waals surface area (Å²) in [7, 11) is 1.46. The highest BCUT2D eigenvalue weighted by molar-refractivity contribution is 7.15. The number of nitrogens with zero attached hydrogens (tertiary/aromatic N) is 2. The molecule has 1 aromatic carbocycles. The van der Waals surface area contributed by atoms with Crippen LogP contribution in [-0.2, 0) is 19.1 Å². The number of methoxy groups -OCH3 is 1. The summed E-state index contributed by atoms with van der Waals surface area (Å²) in [5.74, 6) is -1.63. The van der Waals surface area contributed by atoms with E-state index in [-0.39, 0.29) is 56.0 Å². The second kappa shape index (κ2) is 17.6. The average molecular weight is 578 g/mol. The van der Waals surface area contributed by atoms with E-state index in [0.29, 0.717) is 22.8 Å². The van der Waals surface area contributed by atoms with Gasteiger partial charge < -0.3 is 35.7 Å². The molecule has 5 N–H and O–H groups in total. The molecule has 0 aliphatic heterocycles. The number of hydrogen-bond donors (Lipinski definition) is 4. The molecule has 0 spiro atoms. The lowest BCUT2D eigenvalue weighted by Gasteiger charge is -2.12. The maximum absolute atomic E-state index is 12.6. The van der Waals surface area contributed by atoms with Gasteiger partial charge in [-0.05, 0) is 24.6 Å². The Bertz CT molecular complexity index is 1230. The van der Waals surface area contributed by atoms with Gasteiger partial charge in [0.15, 0.2) is 4.96 Å². The van der Waals surface area contributed by atoms with Crippen LogP contribution >= 0.6 is 11.3 Å². The largest absolute Gasteiger partial charge is 0.496 e. The zero-order chi connectivity index (χ0) is 29.3. The van der Waals surface area contributed by atoms with Gasteiger partial charge in [0.1, 0.15) is 18.1 Å². The third-order valence-electron chi connectivity index (χ3n) is 5.17. The van der Waals surface area contributed by atoms with Gasteiger partial charge in [-0.25, -0.2) is 4.98 Å². The van der Waals surface area contributed by atoms with Crippen LogP contribution in [0.4, 0.5) is 5.69 Å². The Hall–Kier alpha value is -4.01. The predicted octanol–water partition coefficient (Wildman–Crippen LogP) is 2.56. The molecule has 0 unspecified atom stereocenters. The normalized spacial score (nSPS) is 10.4. The van der Waals surface area contributed by atoms with Crippen LogP contribution in [0.3, 0.4) is 0 Å². The molecule has 0 bridgehead atoms. The van der Waals surface area contributed by atoms with Crippen LogP contribution in [0.15, 0.2) is 36.0 Å². The second-order valence-electron chi connectivity index (χ2n) is 8.33. The number of aromatic nitrogens is 2. The molecule has 3 rings (SSSR count). The van der Waals surface area contributed by atoms with Gasteiger partial charge in [0, 0.05) is 36.4 Å². The molecule has 0 aliphatic carbocycles. The van der Waals surface area contributed by atoms with Gasteiger partial charge in [0.25, 0.3) is 11.8 Å². The molecule has 2 heterocycles. The fourth-order valence-electron chi connectivity index (χ4n) is 3.25. The Labute approximate surface area is 235 Å². The van der Waals surface area contributed by atoms with Gasteiger partial charge in [-0.3, -0.25) is 23.6 Å². The first-order valence-corrected chi connectivity index (χ1v) is 13.5. The van der Waals surface area contributed by atoms with Crippen LogP contribution in [0.25, 0.3) is 4.96 Å². The van der Waals surface area contributed by atoms with E-state index >= 15 is 0 Å². The summed E-state index contributed by atoms with van der Waals surface area (Å²) >= 11 is 1.43. The van der Waals surface area contributed by atoms with Crippen molar-refractivity contribution < 1.29 is 38.5 Å². The highest BCUT2D eigenvalue weighted by Gasteiger charge is 2.16. The van der Waals surface area contributed by atoms with Crippen molar-refractivity contribution in [3.05, 3.63) is 47.2 Å². The summed E-state index contributed by atoms with van der Waals surface area (Å²) in [5, 5.41) is 15.5. The van der Waals surface area contributed by atoms with Crippen LogP contribution in [0.1, 0.15) is 53.5 Å². The first kappa shape index (κ1) is 32.2. The highest BCUT2D eigenvalue weighted by atomic mass is 32.1. The summed E-state index contributed by atoms with van der Waals surface area (Å²) in [6, 6.07) is 4.77. The predicted molar refractivity (Wildman–Crippen MR) is 149 cm³/mol. The molecule has 0 saturated heterocycles. The van der Waals surface area contributed by atoms with E-state index in [1.54, 1.807) is 22.7 Å². The van der Waals surface area contributed by atoms with Gasteiger partial charge in [0.05, 0.1) is 32.5 Å². The smallest absolute Gasteiger partial charge is 0.303 e. The molecule has 0 aliphatic rings. The number of primary amides is 1.